The summed E-state index contributed by atoms with van der Waals surface area (Å²) in [4.78, 5) is 10.8. The molecule has 0 aliphatic heterocycles. The van der Waals surface area contributed by atoms with E-state index in [0.29, 0.717) is 30.3 Å². The molecule has 1 aromatic rings. The summed E-state index contributed by atoms with van der Waals surface area (Å²) in [5, 5.41) is 21.9. The van der Waals surface area contributed by atoms with Gasteiger partial charge in [-0.2, -0.15) is 0 Å². The van der Waals surface area contributed by atoms with E-state index in [1.807, 2.05) is 0 Å². The lowest BCUT2D eigenvalue weighted by Gasteiger charge is -2.20. The van der Waals surface area contributed by atoms with Gasteiger partial charge in [0.15, 0.2) is 0 Å². The summed E-state index contributed by atoms with van der Waals surface area (Å²) in [7, 11) is 0. The number of hydrogen-bond donors (Lipinski definition) is 3. The monoisotopic (exact) mass is 269 g/mol. The number of aliphatic hydroxyl groups is 1. The number of hydrogen-bond acceptors (Lipinski definition) is 4. The van der Waals surface area contributed by atoms with Crippen LogP contribution in [0.4, 0.5) is 0 Å². The van der Waals surface area contributed by atoms with E-state index in [1.54, 1.807) is 13.0 Å². The van der Waals surface area contributed by atoms with Gasteiger partial charge < -0.3 is 19.9 Å². The first-order chi connectivity index (χ1) is 8.99. The number of carboxylic acid groups (broad SMARTS) is 1. The van der Waals surface area contributed by atoms with Crippen LogP contribution in [-0.4, -0.2) is 28.8 Å². The fourth-order valence-electron chi connectivity index (χ4n) is 2.19. The second-order valence-electron chi connectivity index (χ2n) is 4.80. The molecule has 0 aliphatic carbocycles. The van der Waals surface area contributed by atoms with Crippen molar-refractivity contribution in [2.24, 2.45) is 5.92 Å². The molecule has 1 atom stereocenters. The summed E-state index contributed by atoms with van der Waals surface area (Å²) in [6.45, 7) is 6.73. The van der Waals surface area contributed by atoms with E-state index in [2.05, 4.69) is 19.2 Å². The van der Waals surface area contributed by atoms with Crippen molar-refractivity contribution in [2.75, 3.05) is 6.54 Å². The molecule has 0 fully saturated rings. The van der Waals surface area contributed by atoms with E-state index in [9.17, 15) is 9.90 Å². The number of carbonyl (C=O) groups is 1. The largest absolute Gasteiger partial charge is 0.475 e. The SMILES string of the molecule is CCC(CC)C(O)CNCc1cc(C)c(C(=O)O)o1. The summed E-state index contributed by atoms with van der Waals surface area (Å²) < 4.78 is 5.23. The van der Waals surface area contributed by atoms with E-state index in [1.165, 1.54) is 0 Å². The standard InChI is InChI=1S/C14H23NO4/c1-4-10(5-2)12(16)8-15-7-11-6-9(3)13(19-11)14(17)18/h6,10,12,15-16H,4-5,7-8H2,1-3H3,(H,17,18). The highest BCUT2D eigenvalue weighted by molar-refractivity contribution is 5.86. The lowest BCUT2D eigenvalue weighted by Crippen LogP contribution is -2.32. The first-order valence-electron chi connectivity index (χ1n) is 6.70. The van der Waals surface area contributed by atoms with Gasteiger partial charge in [0, 0.05) is 12.1 Å². The number of aliphatic hydroxyl groups excluding tert-OH is 1. The topological polar surface area (TPSA) is 82.7 Å². The fraction of sp³-hybridized carbons (Fsp3) is 0.643. The van der Waals surface area contributed by atoms with Gasteiger partial charge in [0.05, 0.1) is 12.6 Å². The van der Waals surface area contributed by atoms with E-state index in [4.69, 9.17) is 9.52 Å². The van der Waals surface area contributed by atoms with Crippen LogP contribution in [0.2, 0.25) is 0 Å². The third-order valence-electron chi connectivity index (χ3n) is 3.41. The normalized spacial score (nSPS) is 12.9. The molecule has 0 radical (unpaired) electrons. The number of carboxylic acids is 1. The second kappa shape index (κ2) is 7.31. The number of furan rings is 1. The summed E-state index contributed by atoms with van der Waals surface area (Å²) in [6, 6.07) is 1.71. The average Bonchev–Trinajstić information content (AvgIpc) is 2.72. The van der Waals surface area contributed by atoms with Crippen molar-refractivity contribution in [2.45, 2.75) is 46.3 Å². The van der Waals surface area contributed by atoms with Crippen LogP contribution in [-0.2, 0) is 6.54 Å². The number of aryl methyl sites for hydroxylation is 1. The maximum atomic E-state index is 10.8. The Morgan fingerprint density at radius 2 is 2.05 bits per heavy atom. The molecule has 0 saturated carbocycles. The smallest absolute Gasteiger partial charge is 0.372 e. The van der Waals surface area contributed by atoms with Crippen molar-refractivity contribution in [1.29, 1.82) is 0 Å². The second-order valence-corrected chi connectivity index (χ2v) is 4.80. The Hall–Kier alpha value is -1.33. The minimum atomic E-state index is -1.05. The van der Waals surface area contributed by atoms with Gasteiger partial charge in [-0.05, 0) is 18.9 Å². The Morgan fingerprint density at radius 3 is 2.53 bits per heavy atom. The highest BCUT2D eigenvalue weighted by Crippen LogP contribution is 2.15. The maximum Gasteiger partial charge on any atom is 0.372 e. The molecule has 1 rings (SSSR count). The van der Waals surface area contributed by atoms with Crippen LogP contribution >= 0.6 is 0 Å². The lowest BCUT2D eigenvalue weighted by atomic mass is 9.96. The van der Waals surface area contributed by atoms with Crippen molar-refractivity contribution in [3.8, 4) is 0 Å². The van der Waals surface area contributed by atoms with Crippen LogP contribution in [0.1, 0.15) is 48.6 Å². The molecular weight excluding hydrogens is 246 g/mol. The Balaban J connectivity index is 2.45. The Bertz CT molecular complexity index is 410. The van der Waals surface area contributed by atoms with Gasteiger partial charge in [0.2, 0.25) is 5.76 Å². The van der Waals surface area contributed by atoms with Crippen molar-refractivity contribution < 1.29 is 19.4 Å². The molecule has 1 heterocycles. The summed E-state index contributed by atoms with van der Waals surface area (Å²) in [6.07, 6.45) is 1.51. The summed E-state index contributed by atoms with van der Waals surface area (Å²) in [5.74, 6) is -0.203. The molecule has 0 aromatic carbocycles. The van der Waals surface area contributed by atoms with Gasteiger partial charge in [-0.15, -0.1) is 0 Å². The molecule has 3 N–H and O–H groups in total. The van der Waals surface area contributed by atoms with Crippen LogP contribution < -0.4 is 5.32 Å². The molecule has 19 heavy (non-hydrogen) atoms. The minimum absolute atomic E-state index is 0.0164. The van der Waals surface area contributed by atoms with Gasteiger partial charge in [0.1, 0.15) is 5.76 Å². The average molecular weight is 269 g/mol. The van der Waals surface area contributed by atoms with Crippen LogP contribution in [0.15, 0.2) is 10.5 Å². The van der Waals surface area contributed by atoms with E-state index >= 15 is 0 Å². The summed E-state index contributed by atoms with van der Waals surface area (Å²) >= 11 is 0. The molecule has 1 unspecified atom stereocenters. The van der Waals surface area contributed by atoms with E-state index in [-0.39, 0.29) is 11.9 Å². The highest BCUT2D eigenvalue weighted by Gasteiger charge is 2.16. The van der Waals surface area contributed by atoms with Crippen molar-refractivity contribution in [3.05, 3.63) is 23.2 Å². The fourth-order valence-corrected chi connectivity index (χ4v) is 2.19. The highest BCUT2D eigenvalue weighted by atomic mass is 16.4. The predicted octanol–water partition coefficient (Wildman–Crippen LogP) is 2.17. The molecule has 0 saturated heterocycles. The number of aromatic carboxylic acids is 1. The van der Waals surface area contributed by atoms with Crippen LogP contribution in [0, 0.1) is 12.8 Å². The van der Waals surface area contributed by atoms with E-state index < -0.39 is 5.97 Å². The summed E-state index contributed by atoms with van der Waals surface area (Å²) in [5.41, 5.74) is 0.616. The molecule has 5 nitrogen and oxygen atoms in total. The Labute approximate surface area is 113 Å². The maximum absolute atomic E-state index is 10.8. The van der Waals surface area contributed by atoms with Gasteiger partial charge in [-0.25, -0.2) is 4.79 Å². The first-order valence-corrected chi connectivity index (χ1v) is 6.70. The zero-order chi connectivity index (χ0) is 14.4. The van der Waals surface area contributed by atoms with Gasteiger partial charge in [-0.1, -0.05) is 26.7 Å². The van der Waals surface area contributed by atoms with Crippen LogP contribution in [0.3, 0.4) is 0 Å². The third-order valence-corrected chi connectivity index (χ3v) is 3.41. The third kappa shape index (κ3) is 4.36. The molecule has 0 aliphatic rings. The molecule has 1 aromatic heterocycles. The Kier molecular flexibility index (Phi) is 6.05. The molecule has 5 heteroatoms. The number of rotatable bonds is 8. The predicted molar refractivity (Wildman–Crippen MR) is 72.2 cm³/mol. The molecular formula is C14H23NO4. The molecule has 0 spiro atoms. The lowest BCUT2D eigenvalue weighted by molar-refractivity contribution is 0.0658. The quantitative estimate of drug-likeness (QED) is 0.673. The zero-order valence-corrected chi connectivity index (χ0v) is 11.8. The van der Waals surface area contributed by atoms with Crippen molar-refractivity contribution in [1.82, 2.24) is 5.32 Å². The van der Waals surface area contributed by atoms with Crippen LogP contribution in [0.5, 0.6) is 0 Å². The van der Waals surface area contributed by atoms with Crippen molar-refractivity contribution >= 4 is 5.97 Å². The van der Waals surface area contributed by atoms with Gasteiger partial charge >= 0.3 is 5.97 Å². The van der Waals surface area contributed by atoms with Crippen LogP contribution in [0.25, 0.3) is 0 Å². The number of nitrogens with one attached hydrogen (secondary N) is 1. The van der Waals surface area contributed by atoms with Crippen molar-refractivity contribution in [3.63, 3.8) is 0 Å². The van der Waals surface area contributed by atoms with Gasteiger partial charge in [0.25, 0.3) is 0 Å². The zero-order valence-electron chi connectivity index (χ0n) is 11.8. The molecule has 0 bridgehead atoms. The first kappa shape index (κ1) is 15.7. The van der Waals surface area contributed by atoms with Gasteiger partial charge in [-0.3, -0.25) is 0 Å². The molecule has 108 valence electrons. The Morgan fingerprint density at radius 1 is 1.42 bits per heavy atom. The van der Waals surface area contributed by atoms with E-state index in [0.717, 1.165) is 12.8 Å². The molecule has 0 amide bonds. The minimum Gasteiger partial charge on any atom is -0.475 e.